The van der Waals surface area contributed by atoms with Gasteiger partial charge in [-0.25, -0.2) is 0 Å². The van der Waals surface area contributed by atoms with Gasteiger partial charge in [0.15, 0.2) is 0 Å². The molecule has 0 spiro atoms. The van der Waals surface area contributed by atoms with E-state index in [0.717, 1.165) is 17.6 Å². The highest BCUT2D eigenvalue weighted by atomic mass is 32.1. The van der Waals surface area contributed by atoms with E-state index in [2.05, 4.69) is 121 Å². The molecule has 2 aromatic heterocycles. The third-order valence-corrected chi connectivity index (χ3v) is 10.3. The first-order valence-electron chi connectivity index (χ1n) is 14.2. The molecule has 2 heteroatoms. The van der Waals surface area contributed by atoms with Crippen molar-refractivity contribution in [1.29, 1.82) is 0 Å². The molecular weight excluding hydrogens is 516 g/mol. The molecule has 0 saturated carbocycles. The first kappa shape index (κ1) is 21.8. The summed E-state index contributed by atoms with van der Waals surface area (Å²) in [6.45, 7) is 0. The quantitative estimate of drug-likeness (QED) is 0.189. The van der Waals surface area contributed by atoms with Crippen LogP contribution in [0.15, 0.2) is 126 Å². The van der Waals surface area contributed by atoms with Gasteiger partial charge in [-0.2, -0.15) is 0 Å². The molecule has 0 unspecified atom stereocenters. The lowest BCUT2D eigenvalue weighted by atomic mass is 9.78. The molecule has 0 amide bonds. The molecule has 0 fully saturated rings. The normalized spacial score (nSPS) is 12.8. The fraction of sp³-hybridized carbons (Fsp3) is 0.0256. The van der Waals surface area contributed by atoms with Crippen LogP contribution >= 0.6 is 11.3 Å². The molecule has 10 rings (SSSR count). The Labute approximate surface area is 239 Å². The van der Waals surface area contributed by atoms with E-state index >= 15 is 0 Å². The van der Waals surface area contributed by atoms with Gasteiger partial charge in [-0.1, -0.05) is 103 Å². The second-order valence-electron chi connectivity index (χ2n) is 11.2. The van der Waals surface area contributed by atoms with Crippen LogP contribution < -0.4 is 0 Å². The zero-order valence-electron chi connectivity index (χ0n) is 22.1. The standard InChI is InChI=1S/C39H22OS/c1-2-12-24-22(10-1)20-23-11-9-17-29-34(23)35(24)27-15-3-4-16-28(27)36(29)37-38-30(25-13-5-7-18-32(25)40-38)21-31-26-14-6-8-19-33(26)41-39(31)37/h1-19,21H,20H2. The molecule has 2 heterocycles. The molecule has 7 aromatic carbocycles. The number of furan rings is 1. The molecule has 1 aliphatic rings. The van der Waals surface area contributed by atoms with Gasteiger partial charge in [-0.15, -0.1) is 11.3 Å². The number of benzene rings is 7. The van der Waals surface area contributed by atoms with E-state index in [1.54, 1.807) is 0 Å². The summed E-state index contributed by atoms with van der Waals surface area (Å²) in [4.78, 5) is 0. The van der Waals surface area contributed by atoms with Crippen LogP contribution in [-0.2, 0) is 6.42 Å². The minimum absolute atomic E-state index is 0.937. The van der Waals surface area contributed by atoms with Crippen LogP contribution in [0, 0.1) is 0 Å². The fourth-order valence-corrected chi connectivity index (χ4v) is 8.62. The first-order chi connectivity index (χ1) is 20.3. The smallest absolute Gasteiger partial charge is 0.144 e. The van der Waals surface area contributed by atoms with E-state index in [1.807, 2.05) is 11.3 Å². The van der Waals surface area contributed by atoms with Gasteiger partial charge in [-0.3, -0.25) is 0 Å². The van der Waals surface area contributed by atoms with Crippen LogP contribution in [0.5, 0.6) is 0 Å². The summed E-state index contributed by atoms with van der Waals surface area (Å²) < 4.78 is 9.40. The largest absolute Gasteiger partial charge is 0.455 e. The summed E-state index contributed by atoms with van der Waals surface area (Å²) in [5, 5.41) is 10.2. The van der Waals surface area contributed by atoms with E-state index in [4.69, 9.17) is 4.42 Å². The summed E-state index contributed by atoms with van der Waals surface area (Å²) in [5.74, 6) is 0. The lowest BCUT2D eigenvalue weighted by molar-refractivity contribution is 0.670. The zero-order valence-corrected chi connectivity index (χ0v) is 22.9. The number of para-hydroxylation sites is 1. The van der Waals surface area contributed by atoms with Gasteiger partial charge < -0.3 is 4.42 Å². The van der Waals surface area contributed by atoms with Crippen LogP contribution in [0.3, 0.4) is 0 Å². The minimum Gasteiger partial charge on any atom is -0.455 e. The lowest BCUT2D eigenvalue weighted by Gasteiger charge is -2.25. The van der Waals surface area contributed by atoms with Crippen molar-refractivity contribution in [2.75, 3.05) is 0 Å². The van der Waals surface area contributed by atoms with Crippen molar-refractivity contribution < 1.29 is 4.42 Å². The summed E-state index contributed by atoms with van der Waals surface area (Å²) in [6.07, 6.45) is 0.950. The third kappa shape index (κ3) is 2.80. The van der Waals surface area contributed by atoms with E-state index in [-0.39, 0.29) is 0 Å². The molecule has 190 valence electrons. The Kier molecular flexibility index (Phi) is 4.18. The molecule has 0 radical (unpaired) electrons. The summed E-state index contributed by atoms with van der Waals surface area (Å²) >= 11 is 1.88. The maximum Gasteiger partial charge on any atom is 0.144 e. The molecule has 1 nitrogen and oxygen atoms in total. The Morgan fingerprint density at radius 3 is 2.07 bits per heavy atom. The van der Waals surface area contributed by atoms with Gasteiger partial charge >= 0.3 is 0 Å². The zero-order chi connectivity index (χ0) is 26.7. The predicted octanol–water partition coefficient (Wildman–Crippen LogP) is 11.5. The Morgan fingerprint density at radius 2 is 1.17 bits per heavy atom. The number of fused-ring (bicyclic) bond motifs is 10. The van der Waals surface area contributed by atoms with Gasteiger partial charge in [-0.05, 0) is 68.4 Å². The Morgan fingerprint density at radius 1 is 0.488 bits per heavy atom. The second-order valence-corrected chi connectivity index (χ2v) is 12.2. The first-order valence-corrected chi connectivity index (χ1v) is 15.0. The average Bonchev–Trinajstić information content (AvgIpc) is 3.58. The number of thiophene rings is 1. The molecule has 41 heavy (non-hydrogen) atoms. The average molecular weight is 539 g/mol. The molecule has 1 aliphatic carbocycles. The van der Waals surface area contributed by atoms with Crippen molar-refractivity contribution in [1.82, 2.24) is 0 Å². The summed E-state index contributed by atoms with van der Waals surface area (Å²) in [6, 6.07) is 44.5. The Balaban J connectivity index is 1.50. The highest BCUT2D eigenvalue weighted by molar-refractivity contribution is 7.26. The van der Waals surface area contributed by atoms with Crippen LogP contribution in [-0.4, -0.2) is 0 Å². The van der Waals surface area contributed by atoms with Gasteiger partial charge in [0.2, 0.25) is 0 Å². The Hall–Kier alpha value is -4.92. The van der Waals surface area contributed by atoms with Crippen molar-refractivity contribution in [2.45, 2.75) is 6.42 Å². The van der Waals surface area contributed by atoms with E-state index in [0.29, 0.717) is 0 Å². The monoisotopic (exact) mass is 538 g/mol. The predicted molar refractivity (Wildman–Crippen MR) is 175 cm³/mol. The van der Waals surface area contributed by atoms with Crippen LogP contribution in [0.4, 0.5) is 0 Å². The lowest BCUT2D eigenvalue weighted by Crippen LogP contribution is -2.03. The van der Waals surface area contributed by atoms with E-state index in [9.17, 15) is 0 Å². The fourth-order valence-electron chi connectivity index (χ4n) is 7.39. The third-order valence-electron chi connectivity index (χ3n) is 9.06. The molecule has 0 bridgehead atoms. The second kappa shape index (κ2) is 7.84. The van der Waals surface area contributed by atoms with Crippen molar-refractivity contribution in [3.63, 3.8) is 0 Å². The topological polar surface area (TPSA) is 13.1 Å². The molecule has 9 aromatic rings. The molecule has 0 aliphatic heterocycles. The minimum atomic E-state index is 0.937. The van der Waals surface area contributed by atoms with Crippen molar-refractivity contribution in [2.24, 2.45) is 0 Å². The van der Waals surface area contributed by atoms with Gasteiger partial charge in [0.1, 0.15) is 11.2 Å². The van der Waals surface area contributed by atoms with Crippen molar-refractivity contribution in [3.8, 4) is 22.3 Å². The summed E-state index contributed by atoms with van der Waals surface area (Å²) in [7, 11) is 0. The van der Waals surface area contributed by atoms with E-state index in [1.165, 1.54) is 85.9 Å². The highest BCUT2D eigenvalue weighted by Gasteiger charge is 2.27. The molecule has 0 N–H and O–H groups in total. The van der Waals surface area contributed by atoms with E-state index < -0.39 is 0 Å². The maximum atomic E-state index is 6.80. The van der Waals surface area contributed by atoms with Gasteiger partial charge in [0, 0.05) is 42.1 Å². The van der Waals surface area contributed by atoms with Gasteiger partial charge in [0.05, 0.1) is 0 Å². The molecular formula is C39H22OS. The Bertz CT molecular complexity index is 2470. The van der Waals surface area contributed by atoms with Crippen molar-refractivity contribution >= 4 is 75.0 Å². The van der Waals surface area contributed by atoms with Crippen LogP contribution in [0.25, 0.3) is 85.9 Å². The van der Waals surface area contributed by atoms with Gasteiger partial charge in [0.25, 0.3) is 0 Å². The summed E-state index contributed by atoms with van der Waals surface area (Å²) in [5.41, 5.74) is 9.92. The van der Waals surface area contributed by atoms with Crippen LogP contribution in [0.2, 0.25) is 0 Å². The van der Waals surface area contributed by atoms with Crippen molar-refractivity contribution in [3.05, 3.63) is 132 Å². The SMILES string of the molecule is c1ccc2c(c1)Cc1cccc3c(-c4c5oc6ccccc6c5cc5c4sc4ccccc45)c4ccccc4c-2c13. The number of hydrogen-bond donors (Lipinski definition) is 0. The highest BCUT2D eigenvalue weighted by Crippen LogP contribution is 2.53. The number of rotatable bonds is 1. The molecule has 0 atom stereocenters. The number of hydrogen-bond acceptors (Lipinski definition) is 2. The molecule has 0 saturated heterocycles. The maximum absolute atomic E-state index is 6.80. The van der Waals surface area contributed by atoms with Crippen LogP contribution in [0.1, 0.15) is 11.1 Å².